The highest BCUT2D eigenvalue weighted by atomic mass is 127. The van der Waals surface area contributed by atoms with Gasteiger partial charge in [-0.2, -0.15) is 0 Å². The Morgan fingerprint density at radius 3 is 2.35 bits per heavy atom. The first-order valence-corrected chi connectivity index (χ1v) is 6.87. The lowest BCUT2D eigenvalue weighted by atomic mass is 10.2. The van der Waals surface area contributed by atoms with Gasteiger partial charge in [-0.15, -0.1) is 0 Å². The number of halogens is 1. The monoisotopic (exact) mass is 385 g/mol. The van der Waals surface area contributed by atoms with E-state index in [9.17, 15) is 10.1 Å². The number of hydrogen-bond donors (Lipinski definition) is 0. The molecule has 0 bridgehead atoms. The summed E-state index contributed by atoms with van der Waals surface area (Å²) >= 11 is 1.93. The van der Waals surface area contributed by atoms with E-state index >= 15 is 0 Å². The van der Waals surface area contributed by atoms with Crippen LogP contribution >= 0.6 is 22.6 Å². The van der Waals surface area contributed by atoms with Gasteiger partial charge < -0.3 is 9.47 Å². The molecule has 0 saturated heterocycles. The summed E-state index contributed by atoms with van der Waals surface area (Å²) in [5, 5.41) is 10.7. The maximum atomic E-state index is 10.7. The van der Waals surface area contributed by atoms with Crippen molar-refractivity contribution in [2.24, 2.45) is 0 Å². The summed E-state index contributed by atoms with van der Waals surface area (Å²) in [6.07, 6.45) is 0. The van der Waals surface area contributed by atoms with Gasteiger partial charge >= 0.3 is 0 Å². The maximum absolute atomic E-state index is 10.7. The first-order valence-electron chi connectivity index (χ1n) is 5.80. The zero-order valence-corrected chi connectivity index (χ0v) is 12.9. The molecule has 0 fully saturated rings. The molecule has 0 saturated carbocycles. The first-order chi connectivity index (χ1) is 9.60. The molecule has 5 nitrogen and oxygen atoms in total. The highest BCUT2D eigenvalue weighted by Crippen LogP contribution is 2.26. The van der Waals surface area contributed by atoms with Gasteiger partial charge in [0.05, 0.1) is 15.6 Å². The molecular formula is C14H12INO4. The molecule has 0 N–H and O–H groups in total. The highest BCUT2D eigenvalue weighted by Gasteiger charge is 2.11. The smallest absolute Gasteiger partial charge is 0.282 e. The third kappa shape index (κ3) is 3.60. The molecule has 0 amide bonds. The van der Waals surface area contributed by atoms with Crippen LogP contribution in [0.2, 0.25) is 0 Å². The maximum Gasteiger partial charge on any atom is 0.282 e. The van der Waals surface area contributed by atoms with Gasteiger partial charge in [0.2, 0.25) is 0 Å². The van der Waals surface area contributed by atoms with E-state index < -0.39 is 4.92 Å². The van der Waals surface area contributed by atoms with E-state index in [2.05, 4.69) is 0 Å². The van der Waals surface area contributed by atoms with E-state index in [-0.39, 0.29) is 5.69 Å². The van der Waals surface area contributed by atoms with Crippen molar-refractivity contribution in [1.82, 2.24) is 0 Å². The fraction of sp³-hybridized carbons (Fsp3) is 0.143. The van der Waals surface area contributed by atoms with Crippen LogP contribution in [-0.4, -0.2) is 12.0 Å². The van der Waals surface area contributed by atoms with Gasteiger partial charge in [-0.3, -0.25) is 10.1 Å². The molecule has 0 aliphatic rings. The van der Waals surface area contributed by atoms with Crippen molar-refractivity contribution < 1.29 is 14.4 Å². The van der Waals surface area contributed by atoms with Gasteiger partial charge in [0, 0.05) is 12.1 Å². The van der Waals surface area contributed by atoms with Crippen molar-refractivity contribution in [2.45, 2.75) is 6.61 Å². The summed E-state index contributed by atoms with van der Waals surface area (Å²) in [5.41, 5.74) is 1.08. The molecule has 2 aromatic rings. The Labute approximate surface area is 129 Å². The largest absolute Gasteiger partial charge is 0.497 e. The number of nitro benzene ring substituents is 1. The van der Waals surface area contributed by atoms with Gasteiger partial charge in [0.15, 0.2) is 0 Å². The van der Waals surface area contributed by atoms with Crippen LogP contribution in [0.15, 0.2) is 42.5 Å². The van der Waals surface area contributed by atoms with Gasteiger partial charge in [-0.05, 0) is 46.4 Å². The fourth-order valence-electron chi connectivity index (χ4n) is 1.61. The fourth-order valence-corrected chi connectivity index (χ4v) is 2.30. The predicted molar refractivity (Wildman–Crippen MR) is 83.1 cm³/mol. The quantitative estimate of drug-likeness (QED) is 0.447. The van der Waals surface area contributed by atoms with Gasteiger partial charge in [-0.25, -0.2) is 0 Å². The molecule has 0 atom stereocenters. The molecule has 20 heavy (non-hydrogen) atoms. The zero-order chi connectivity index (χ0) is 14.5. The second-order valence-corrected chi connectivity index (χ2v) is 5.17. The van der Waals surface area contributed by atoms with Crippen LogP contribution in [0.4, 0.5) is 5.69 Å². The molecule has 0 radical (unpaired) electrons. The summed E-state index contributed by atoms with van der Waals surface area (Å²) < 4.78 is 11.2. The molecule has 104 valence electrons. The molecule has 0 aliphatic heterocycles. The standard InChI is InChI=1S/C14H12INO4/c1-19-11-4-2-10(3-5-11)9-20-12-6-7-14(16(17)18)13(15)8-12/h2-8H,9H2,1H3. The third-order valence-electron chi connectivity index (χ3n) is 2.68. The summed E-state index contributed by atoms with van der Waals surface area (Å²) in [4.78, 5) is 10.3. The van der Waals surface area contributed by atoms with Crippen molar-refractivity contribution >= 4 is 28.3 Å². The SMILES string of the molecule is COc1ccc(COc2ccc([N+](=O)[O-])c(I)c2)cc1. The van der Waals surface area contributed by atoms with Crippen molar-refractivity contribution in [3.63, 3.8) is 0 Å². The van der Waals surface area contributed by atoms with Crippen LogP contribution in [-0.2, 0) is 6.61 Å². The lowest BCUT2D eigenvalue weighted by Gasteiger charge is -2.07. The molecular weight excluding hydrogens is 373 g/mol. The van der Waals surface area contributed by atoms with E-state index in [0.29, 0.717) is 15.9 Å². The van der Waals surface area contributed by atoms with Gasteiger partial charge in [0.25, 0.3) is 5.69 Å². The van der Waals surface area contributed by atoms with Crippen molar-refractivity contribution in [2.75, 3.05) is 7.11 Å². The molecule has 0 spiro atoms. The zero-order valence-electron chi connectivity index (χ0n) is 10.7. The Hall–Kier alpha value is -1.83. The number of methoxy groups -OCH3 is 1. The van der Waals surface area contributed by atoms with Crippen LogP contribution in [0.25, 0.3) is 0 Å². The minimum atomic E-state index is -0.408. The van der Waals surface area contributed by atoms with Crippen LogP contribution in [0.3, 0.4) is 0 Å². The van der Waals surface area contributed by atoms with Crippen LogP contribution in [0.5, 0.6) is 11.5 Å². The van der Waals surface area contributed by atoms with Crippen LogP contribution < -0.4 is 9.47 Å². The first kappa shape index (κ1) is 14.6. The topological polar surface area (TPSA) is 61.6 Å². The molecule has 0 aliphatic carbocycles. The Morgan fingerprint density at radius 2 is 1.80 bits per heavy atom. The average Bonchev–Trinajstić information content (AvgIpc) is 2.45. The molecule has 6 heteroatoms. The average molecular weight is 385 g/mol. The summed E-state index contributed by atoms with van der Waals surface area (Å²) in [5.74, 6) is 1.40. The second kappa shape index (κ2) is 6.56. The van der Waals surface area contributed by atoms with E-state index in [1.165, 1.54) is 6.07 Å². The van der Waals surface area contributed by atoms with E-state index in [4.69, 9.17) is 9.47 Å². The summed E-state index contributed by atoms with van der Waals surface area (Å²) in [6.45, 7) is 0.401. The minimum absolute atomic E-state index is 0.0856. The number of hydrogen-bond acceptors (Lipinski definition) is 4. The number of rotatable bonds is 5. The molecule has 0 unspecified atom stereocenters. The number of nitro groups is 1. The van der Waals surface area contributed by atoms with Crippen LogP contribution in [0.1, 0.15) is 5.56 Å². The third-order valence-corrected chi connectivity index (χ3v) is 3.54. The second-order valence-electron chi connectivity index (χ2n) is 4.01. The lowest BCUT2D eigenvalue weighted by molar-refractivity contribution is -0.385. The Morgan fingerprint density at radius 1 is 1.15 bits per heavy atom. The highest BCUT2D eigenvalue weighted by molar-refractivity contribution is 14.1. The van der Waals surface area contributed by atoms with Crippen molar-refractivity contribution in [3.8, 4) is 11.5 Å². The summed E-state index contributed by atoms with van der Waals surface area (Å²) in [7, 11) is 1.62. The Balaban J connectivity index is 2.03. The van der Waals surface area contributed by atoms with E-state index in [1.807, 2.05) is 46.9 Å². The molecule has 2 rings (SSSR count). The van der Waals surface area contributed by atoms with E-state index in [1.54, 1.807) is 19.2 Å². The van der Waals surface area contributed by atoms with Gasteiger partial charge in [0.1, 0.15) is 18.1 Å². The van der Waals surface area contributed by atoms with Gasteiger partial charge in [-0.1, -0.05) is 12.1 Å². The normalized spacial score (nSPS) is 10.1. The number of nitrogens with zero attached hydrogens (tertiary/aromatic N) is 1. The lowest BCUT2D eigenvalue weighted by Crippen LogP contribution is -1.97. The molecule has 0 heterocycles. The Bertz CT molecular complexity index is 613. The van der Waals surface area contributed by atoms with Crippen molar-refractivity contribution in [3.05, 3.63) is 61.7 Å². The van der Waals surface area contributed by atoms with Crippen molar-refractivity contribution in [1.29, 1.82) is 0 Å². The van der Waals surface area contributed by atoms with Crippen LogP contribution in [0, 0.1) is 13.7 Å². The summed E-state index contributed by atoms with van der Waals surface area (Å²) in [6, 6.07) is 12.2. The molecule has 2 aromatic carbocycles. The Kier molecular flexibility index (Phi) is 4.78. The minimum Gasteiger partial charge on any atom is -0.497 e. The number of benzene rings is 2. The van der Waals surface area contributed by atoms with E-state index in [0.717, 1.165) is 11.3 Å². The molecule has 0 aromatic heterocycles. The number of ether oxygens (including phenoxy) is 2. The predicted octanol–water partition coefficient (Wildman–Crippen LogP) is 3.79.